The SMILES string of the molecule is Cc1onc(-c2c(F)cccc2Cl)c1C(=O)NC(C)c1ccc(F)c(F)c1. The average Bonchev–Trinajstić information content (AvgIpc) is 2.98. The summed E-state index contributed by atoms with van der Waals surface area (Å²) in [6.45, 7) is 3.10. The van der Waals surface area contributed by atoms with Crippen LogP contribution in [0.3, 0.4) is 0 Å². The fourth-order valence-electron chi connectivity index (χ4n) is 2.67. The quantitative estimate of drug-likeness (QED) is 0.660. The number of aromatic nitrogens is 1. The van der Waals surface area contributed by atoms with Crippen molar-refractivity contribution in [1.29, 1.82) is 0 Å². The van der Waals surface area contributed by atoms with Crippen LogP contribution in [0.5, 0.6) is 0 Å². The van der Waals surface area contributed by atoms with Crippen molar-refractivity contribution in [3.05, 3.63) is 75.8 Å². The van der Waals surface area contributed by atoms with Crippen molar-refractivity contribution in [3.63, 3.8) is 0 Å². The van der Waals surface area contributed by atoms with Crippen LogP contribution in [0.25, 0.3) is 11.3 Å². The number of nitrogens with zero attached hydrogens (tertiary/aromatic N) is 1. The van der Waals surface area contributed by atoms with E-state index >= 15 is 0 Å². The van der Waals surface area contributed by atoms with E-state index in [0.29, 0.717) is 5.56 Å². The van der Waals surface area contributed by atoms with Crippen molar-refractivity contribution in [3.8, 4) is 11.3 Å². The van der Waals surface area contributed by atoms with Gasteiger partial charge in [-0.15, -0.1) is 0 Å². The first-order valence-corrected chi connectivity index (χ1v) is 8.34. The van der Waals surface area contributed by atoms with Gasteiger partial charge in [0.25, 0.3) is 5.91 Å². The van der Waals surface area contributed by atoms with Gasteiger partial charge in [-0.3, -0.25) is 4.79 Å². The number of hydrogen-bond acceptors (Lipinski definition) is 3. The molecule has 1 amide bonds. The first kappa shape index (κ1) is 19.0. The standard InChI is InChI=1S/C19H14ClF3N2O2/c1-9(11-6-7-13(21)15(23)8-11)24-19(26)16-10(2)27-25-18(16)17-12(20)4-3-5-14(17)22/h3-9H,1-2H3,(H,24,26). The van der Waals surface area contributed by atoms with Gasteiger partial charge >= 0.3 is 0 Å². The molecule has 140 valence electrons. The molecule has 0 aliphatic carbocycles. The molecule has 27 heavy (non-hydrogen) atoms. The number of carbonyl (C=O) groups excluding carboxylic acids is 1. The summed E-state index contributed by atoms with van der Waals surface area (Å²) >= 11 is 6.05. The van der Waals surface area contributed by atoms with E-state index in [1.165, 1.54) is 31.2 Å². The van der Waals surface area contributed by atoms with Crippen LogP contribution >= 0.6 is 11.6 Å². The normalized spacial score (nSPS) is 12.1. The molecule has 1 unspecified atom stereocenters. The number of nitrogens with one attached hydrogen (secondary N) is 1. The second kappa shape index (κ2) is 7.44. The Bertz CT molecular complexity index is 1000. The van der Waals surface area contributed by atoms with E-state index in [2.05, 4.69) is 10.5 Å². The highest BCUT2D eigenvalue weighted by Gasteiger charge is 2.26. The maximum Gasteiger partial charge on any atom is 0.257 e. The fraction of sp³-hybridized carbons (Fsp3) is 0.158. The van der Waals surface area contributed by atoms with Crippen LogP contribution < -0.4 is 5.32 Å². The second-order valence-corrected chi connectivity index (χ2v) is 6.33. The van der Waals surface area contributed by atoms with Crippen LogP contribution in [-0.2, 0) is 0 Å². The average molecular weight is 395 g/mol. The van der Waals surface area contributed by atoms with E-state index < -0.39 is 29.4 Å². The van der Waals surface area contributed by atoms with Gasteiger partial charge in [0, 0.05) is 0 Å². The van der Waals surface area contributed by atoms with Gasteiger partial charge < -0.3 is 9.84 Å². The largest absolute Gasteiger partial charge is 0.360 e. The van der Waals surface area contributed by atoms with Gasteiger partial charge in [0.15, 0.2) is 11.6 Å². The summed E-state index contributed by atoms with van der Waals surface area (Å²) in [6.07, 6.45) is 0. The predicted octanol–water partition coefficient (Wildman–Crippen LogP) is 5.21. The van der Waals surface area contributed by atoms with E-state index in [0.717, 1.165) is 12.1 Å². The van der Waals surface area contributed by atoms with Crippen molar-refractivity contribution in [2.75, 3.05) is 0 Å². The Morgan fingerprint density at radius 3 is 2.56 bits per heavy atom. The number of halogens is 4. The summed E-state index contributed by atoms with van der Waals surface area (Å²) in [4.78, 5) is 12.7. The van der Waals surface area contributed by atoms with Crippen LogP contribution in [-0.4, -0.2) is 11.1 Å². The molecule has 0 spiro atoms. The lowest BCUT2D eigenvalue weighted by molar-refractivity contribution is 0.0939. The number of carbonyl (C=O) groups is 1. The van der Waals surface area contributed by atoms with Gasteiger partial charge in [0.1, 0.15) is 22.8 Å². The van der Waals surface area contributed by atoms with E-state index in [4.69, 9.17) is 16.1 Å². The van der Waals surface area contributed by atoms with E-state index in [9.17, 15) is 18.0 Å². The lowest BCUT2D eigenvalue weighted by Gasteiger charge is -2.15. The smallest absolute Gasteiger partial charge is 0.257 e. The molecule has 0 radical (unpaired) electrons. The zero-order chi connectivity index (χ0) is 19.7. The zero-order valence-electron chi connectivity index (χ0n) is 14.3. The minimum absolute atomic E-state index is 0.0106. The van der Waals surface area contributed by atoms with Gasteiger partial charge in [-0.05, 0) is 43.7 Å². The third kappa shape index (κ3) is 3.68. The van der Waals surface area contributed by atoms with Crippen molar-refractivity contribution in [2.45, 2.75) is 19.9 Å². The van der Waals surface area contributed by atoms with Crippen LogP contribution in [0, 0.1) is 24.4 Å². The number of aryl methyl sites for hydroxylation is 1. The van der Waals surface area contributed by atoms with E-state index in [1.807, 2.05) is 0 Å². The molecule has 1 aromatic heterocycles. The van der Waals surface area contributed by atoms with Crippen LogP contribution in [0.2, 0.25) is 5.02 Å². The number of benzene rings is 2. The topological polar surface area (TPSA) is 55.1 Å². The molecule has 0 bridgehead atoms. The van der Waals surface area contributed by atoms with E-state index in [-0.39, 0.29) is 27.6 Å². The molecule has 3 rings (SSSR count). The summed E-state index contributed by atoms with van der Waals surface area (Å²) in [6, 6.07) is 6.77. The van der Waals surface area contributed by atoms with Crippen molar-refractivity contribution < 1.29 is 22.5 Å². The Kier molecular flexibility index (Phi) is 5.23. The Morgan fingerprint density at radius 2 is 1.89 bits per heavy atom. The highest BCUT2D eigenvalue weighted by Crippen LogP contribution is 2.33. The van der Waals surface area contributed by atoms with Gasteiger partial charge in [0.2, 0.25) is 0 Å². The first-order chi connectivity index (χ1) is 12.8. The Hall–Kier alpha value is -2.80. The maximum atomic E-state index is 14.2. The number of rotatable bonds is 4. The van der Waals surface area contributed by atoms with Gasteiger partial charge in [0.05, 0.1) is 16.6 Å². The zero-order valence-corrected chi connectivity index (χ0v) is 15.1. The van der Waals surface area contributed by atoms with Crippen LogP contribution in [0.1, 0.15) is 34.6 Å². The molecule has 1 atom stereocenters. The molecule has 8 heteroatoms. The summed E-state index contributed by atoms with van der Waals surface area (Å²) in [7, 11) is 0. The molecule has 0 aliphatic heterocycles. The van der Waals surface area contributed by atoms with E-state index in [1.54, 1.807) is 6.92 Å². The predicted molar refractivity (Wildman–Crippen MR) is 93.9 cm³/mol. The maximum absolute atomic E-state index is 14.2. The summed E-state index contributed by atoms with van der Waals surface area (Å²) in [5.74, 6) is -3.10. The highest BCUT2D eigenvalue weighted by atomic mass is 35.5. The summed E-state index contributed by atoms with van der Waals surface area (Å²) in [5, 5.41) is 6.48. The molecule has 3 aromatic rings. The summed E-state index contributed by atoms with van der Waals surface area (Å²) < 4.78 is 45.8. The highest BCUT2D eigenvalue weighted by molar-refractivity contribution is 6.33. The number of amides is 1. The third-order valence-electron chi connectivity index (χ3n) is 4.08. The van der Waals surface area contributed by atoms with Crippen molar-refractivity contribution >= 4 is 17.5 Å². The first-order valence-electron chi connectivity index (χ1n) is 7.96. The minimum Gasteiger partial charge on any atom is -0.360 e. The Balaban J connectivity index is 1.94. The lowest BCUT2D eigenvalue weighted by Crippen LogP contribution is -2.27. The minimum atomic E-state index is -1.02. The lowest BCUT2D eigenvalue weighted by atomic mass is 10.0. The molecule has 2 aromatic carbocycles. The molecular formula is C19H14ClF3N2O2. The van der Waals surface area contributed by atoms with Gasteiger partial charge in [-0.2, -0.15) is 0 Å². The van der Waals surface area contributed by atoms with Crippen LogP contribution in [0.15, 0.2) is 40.9 Å². The second-order valence-electron chi connectivity index (χ2n) is 5.93. The molecule has 0 aliphatic rings. The van der Waals surface area contributed by atoms with Crippen molar-refractivity contribution in [1.82, 2.24) is 10.5 Å². The number of hydrogen-bond donors (Lipinski definition) is 1. The molecule has 1 N–H and O–H groups in total. The molecule has 0 saturated heterocycles. The molecular weight excluding hydrogens is 381 g/mol. The Labute approximate surface area is 157 Å². The summed E-state index contributed by atoms with van der Waals surface area (Å²) in [5.41, 5.74) is 0.283. The van der Waals surface area contributed by atoms with Gasteiger partial charge in [-0.25, -0.2) is 13.2 Å². The molecule has 0 saturated carbocycles. The van der Waals surface area contributed by atoms with Crippen LogP contribution in [0.4, 0.5) is 13.2 Å². The third-order valence-corrected chi connectivity index (χ3v) is 4.40. The fourth-order valence-corrected chi connectivity index (χ4v) is 2.92. The monoisotopic (exact) mass is 394 g/mol. The Morgan fingerprint density at radius 1 is 1.15 bits per heavy atom. The molecule has 4 nitrogen and oxygen atoms in total. The van der Waals surface area contributed by atoms with Crippen molar-refractivity contribution in [2.24, 2.45) is 0 Å². The molecule has 0 fully saturated rings. The molecule has 1 heterocycles. The van der Waals surface area contributed by atoms with Gasteiger partial charge in [-0.1, -0.05) is 28.9 Å².